The van der Waals surface area contributed by atoms with Crippen LogP contribution in [-0.2, 0) is 14.3 Å². The van der Waals surface area contributed by atoms with Crippen LogP contribution in [0.2, 0.25) is 0 Å². The molecule has 3 atom stereocenters. The van der Waals surface area contributed by atoms with Gasteiger partial charge < -0.3 is 9.47 Å². The third-order valence-corrected chi connectivity index (χ3v) is 3.45. The molecule has 0 N–H and O–H groups in total. The van der Waals surface area contributed by atoms with Crippen LogP contribution in [0.25, 0.3) is 0 Å². The third-order valence-electron chi connectivity index (χ3n) is 3.45. The van der Waals surface area contributed by atoms with Crippen molar-refractivity contribution in [2.45, 2.75) is 57.3 Å². The molecule has 0 radical (unpaired) electrons. The summed E-state index contributed by atoms with van der Waals surface area (Å²) in [7, 11) is 0. The lowest BCUT2D eigenvalue weighted by Gasteiger charge is -2.34. The van der Waals surface area contributed by atoms with Gasteiger partial charge in [0.05, 0.1) is 12.2 Å². The van der Waals surface area contributed by atoms with Crippen LogP contribution in [0.5, 0.6) is 0 Å². The molecule has 1 heterocycles. The second kappa shape index (κ2) is 3.63. The molecular formula is C12H18O3. The second-order valence-corrected chi connectivity index (χ2v) is 4.66. The molecule has 3 nitrogen and oxygen atoms in total. The van der Waals surface area contributed by atoms with Crippen molar-refractivity contribution in [2.75, 3.05) is 0 Å². The minimum Gasteiger partial charge on any atom is -0.456 e. The molecule has 15 heavy (non-hydrogen) atoms. The van der Waals surface area contributed by atoms with Crippen molar-refractivity contribution in [3.8, 4) is 0 Å². The normalized spacial score (nSPS) is 38.0. The highest BCUT2D eigenvalue weighted by molar-refractivity contribution is 5.87. The van der Waals surface area contributed by atoms with E-state index in [-0.39, 0.29) is 11.6 Å². The fraction of sp³-hybridized carbons (Fsp3) is 0.750. The van der Waals surface area contributed by atoms with Crippen molar-refractivity contribution in [3.05, 3.63) is 12.2 Å². The van der Waals surface area contributed by atoms with Gasteiger partial charge in [0.25, 0.3) is 0 Å². The van der Waals surface area contributed by atoms with E-state index in [4.69, 9.17) is 9.47 Å². The number of hydrogen-bond donors (Lipinski definition) is 0. The molecule has 2 rings (SSSR count). The summed E-state index contributed by atoms with van der Waals surface area (Å²) in [6, 6.07) is 0. The second-order valence-electron chi connectivity index (χ2n) is 4.66. The maximum atomic E-state index is 11.5. The molecular weight excluding hydrogens is 192 g/mol. The predicted octanol–water partition coefficient (Wildman–Crippen LogP) is 2.21. The van der Waals surface area contributed by atoms with E-state index in [1.54, 1.807) is 6.92 Å². The fourth-order valence-electron chi connectivity index (χ4n) is 2.26. The SMILES string of the molecule is C=C(C)C(=O)OC1(CC)CCC2OC2C1. The van der Waals surface area contributed by atoms with Gasteiger partial charge in [0.2, 0.25) is 0 Å². The van der Waals surface area contributed by atoms with Crippen molar-refractivity contribution in [1.29, 1.82) is 0 Å². The Hall–Kier alpha value is -0.830. The van der Waals surface area contributed by atoms with Gasteiger partial charge in [-0.3, -0.25) is 0 Å². The van der Waals surface area contributed by atoms with Crippen molar-refractivity contribution >= 4 is 5.97 Å². The molecule has 0 amide bonds. The molecule has 84 valence electrons. The van der Waals surface area contributed by atoms with E-state index < -0.39 is 0 Å². The number of epoxide rings is 1. The smallest absolute Gasteiger partial charge is 0.333 e. The van der Waals surface area contributed by atoms with E-state index in [1.807, 2.05) is 0 Å². The number of carbonyl (C=O) groups is 1. The van der Waals surface area contributed by atoms with E-state index in [0.717, 1.165) is 25.7 Å². The highest BCUT2D eigenvalue weighted by Crippen LogP contribution is 2.45. The van der Waals surface area contributed by atoms with Crippen LogP contribution in [0.15, 0.2) is 12.2 Å². The van der Waals surface area contributed by atoms with E-state index in [2.05, 4.69) is 13.5 Å². The monoisotopic (exact) mass is 210 g/mol. The first-order valence-corrected chi connectivity index (χ1v) is 5.60. The predicted molar refractivity (Wildman–Crippen MR) is 56.4 cm³/mol. The average molecular weight is 210 g/mol. The van der Waals surface area contributed by atoms with Crippen molar-refractivity contribution in [2.24, 2.45) is 0 Å². The minimum atomic E-state index is -0.298. The zero-order chi connectivity index (χ0) is 11.1. The van der Waals surface area contributed by atoms with Crippen LogP contribution in [0, 0.1) is 0 Å². The minimum absolute atomic E-state index is 0.268. The van der Waals surface area contributed by atoms with Crippen molar-refractivity contribution in [1.82, 2.24) is 0 Å². The fourth-order valence-corrected chi connectivity index (χ4v) is 2.26. The van der Waals surface area contributed by atoms with Crippen LogP contribution in [0.1, 0.15) is 39.5 Å². The van der Waals surface area contributed by atoms with E-state index in [0.29, 0.717) is 17.8 Å². The molecule has 1 saturated carbocycles. The molecule has 1 aliphatic carbocycles. The zero-order valence-electron chi connectivity index (χ0n) is 9.41. The van der Waals surface area contributed by atoms with Crippen LogP contribution in [0.4, 0.5) is 0 Å². The number of esters is 1. The summed E-state index contributed by atoms with van der Waals surface area (Å²) >= 11 is 0. The number of ether oxygens (including phenoxy) is 2. The van der Waals surface area contributed by atoms with Gasteiger partial charge in [-0.05, 0) is 26.2 Å². The Morgan fingerprint density at radius 2 is 2.33 bits per heavy atom. The maximum absolute atomic E-state index is 11.5. The topological polar surface area (TPSA) is 38.8 Å². The summed E-state index contributed by atoms with van der Waals surface area (Å²) in [5.41, 5.74) is 0.176. The highest BCUT2D eigenvalue weighted by Gasteiger charge is 2.51. The summed E-state index contributed by atoms with van der Waals surface area (Å²) in [4.78, 5) is 11.5. The molecule has 2 aliphatic rings. The summed E-state index contributed by atoms with van der Waals surface area (Å²) < 4.78 is 11.0. The Morgan fingerprint density at radius 3 is 2.87 bits per heavy atom. The molecule has 1 aliphatic heterocycles. The van der Waals surface area contributed by atoms with Gasteiger partial charge in [0, 0.05) is 12.0 Å². The molecule has 3 unspecified atom stereocenters. The van der Waals surface area contributed by atoms with Gasteiger partial charge in [-0.1, -0.05) is 13.5 Å². The summed E-state index contributed by atoms with van der Waals surface area (Å²) in [6.45, 7) is 7.36. The summed E-state index contributed by atoms with van der Waals surface area (Å²) in [6.07, 6.45) is 4.42. The van der Waals surface area contributed by atoms with Gasteiger partial charge >= 0.3 is 5.97 Å². The number of hydrogen-bond acceptors (Lipinski definition) is 3. The molecule has 3 heteroatoms. The van der Waals surface area contributed by atoms with Gasteiger partial charge in [0.1, 0.15) is 5.60 Å². The molecule has 0 bridgehead atoms. The Labute approximate surface area is 90.4 Å². The molecule has 0 aromatic heterocycles. The van der Waals surface area contributed by atoms with Crippen molar-refractivity contribution in [3.63, 3.8) is 0 Å². The first-order chi connectivity index (χ1) is 7.06. The van der Waals surface area contributed by atoms with E-state index in [1.165, 1.54) is 0 Å². The van der Waals surface area contributed by atoms with Gasteiger partial charge in [0.15, 0.2) is 0 Å². The number of fused-ring (bicyclic) bond motifs is 1. The Morgan fingerprint density at radius 1 is 1.60 bits per heavy atom. The number of rotatable bonds is 3. The average Bonchev–Trinajstić information content (AvgIpc) is 2.95. The molecule has 2 fully saturated rings. The lowest BCUT2D eigenvalue weighted by Crippen LogP contribution is -2.39. The van der Waals surface area contributed by atoms with Crippen LogP contribution in [0.3, 0.4) is 0 Å². The third kappa shape index (κ3) is 2.07. The Balaban J connectivity index is 2.01. The highest BCUT2D eigenvalue weighted by atomic mass is 16.6. The molecule has 1 saturated heterocycles. The lowest BCUT2D eigenvalue weighted by molar-refractivity contribution is -0.158. The molecule has 0 aromatic carbocycles. The Kier molecular flexibility index (Phi) is 2.59. The van der Waals surface area contributed by atoms with Gasteiger partial charge in [-0.25, -0.2) is 4.79 Å². The van der Waals surface area contributed by atoms with Crippen LogP contribution in [-0.4, -0.2) is 23.8 Å². The Bertz CT molecular complexity index is 297. The zero-order valence-corrected chi connectivity index (χ0v) is 9.41. The van der Waals surface area contributed by atoms with Crippen LogP contribution >= 0.6 is 0 Å². The summed E-state index contributed by atoms with van der Waals surface area (Å²) in [5, 5.41) is 0. The van der Waals surface area contributed by atoms with E-state index >= 15 is 0 Å². The standard InChI is InChI=1S/C12H18O3/c1-4-12(15-11(13)8(2)3)6-5-9-10(7-12)14-9/h9-10H,2,4-7H2,1,3H3. The summed E-state index contributed by atoms with van der Waals surface area (Å²) in [5.74, 6) is -0.268. The van der Waals surface area contributed by atoms with E-state index in [9.17, 15) is 4.79 Å². The van der Waals surface area contributed by atoms with Crippen molar-refractivity contribution < 1.29 is 14.3 Å². The first-order valence-electron chi connectivity index (χ1n) is 5.60. The van der Waals surface area contributed by atoms with Crippen LogP contribution < -0.4 is 0 Å². The first kappa shape index (κ1) is 10.7. The molecule has 0 aromatic rings. The largest absolute Gasteiger partial charge is 0.456 e. The quantitative estimate of drug-likeness (QED) is 0.407. The molecule has 0 spiro atoms. The lowest BCUT2D eigenvalue weighted by atomic mass is 9.82. The maximum Gasteiger partial charge on any atom is 0.333 e. The number of carbonyl (C=O) groups excluding carboxylic acids is 1. The van der Waals surface area contributed by atoms with Gasteiger partial charge in [-0.15, -0.1) is 0 Å². The van der Waals surface area contributed by atoms with Gasteiger partial charge in [-0.2, -0.15) is 0 Å².